The predicted octanol–water partition coefficient (Wildman–Crippen LogP) is 9.18. The molecule has 2 atom stereocenters. The Kier molecular flexibility index (Phi) is 6.36. The molecule has 0 radical (unpaired) electrons. The molecule has 2 aliphatic rings. The topological polar surface area (TPSA) is 3.24 Å². The summed E-state index contributed by atoms with van der Waals surface area (Å²) in [6.45, 7) is 8.44. The zero-order valence-electron chi connectivity index (χ0n) is 20.2. The monoisotopic (exact) mass is 443 g/mol. The first-order chi connectivity index (χ1) is 16.7. The Morgan fingerprint density at radius 2 is 1.65 bits per heavy atom. The zero-order valence-corrected chi connectivity index (χ0v) is 20.2. The largest absolute Gasteiger partial charge is 0.338 e. The van der Waals surface area contributed by atoms with Gasteiger partial charge in [-0.2, -0.15) is 0 Å². The van der Waals surface area contributed by atoms with Crippen molar-refractivity contribution < 1.29 is 0 Å². The SMILES string of the molecule is C=C(/C=C\C)/C(=C\c1ccc(N2c3ccc(/C=C\C)cc3C3CCCC32)cc1)c1ccccc1. The molecular weight excluding hydrogens is 410 g/mol. The van der Waals surface area contributed by atoms with Crippen LogP contribution in [0.25, 0.3) is 17.7 Å². The van der Waals surface area contributed by atoms with Gasteiger partial charge in [0.1, 0.15) is 0 Å². The number of fused-ring (bicyclic) bond motifs is 3. The predicted molar refractivity (Wildman–Crippen MR) is 148 cm³/mol. The number of hydrogen-bond donors (Lipinski definition) is 0. The van der Waals surface area contributed by atoms with Crippen LogP contribution < -0.4 is 4.90 Å². The average Bonchev–Trinajstić information content (AvgIpc) is 3.45. The third kappa shape index (κ3) is 4.19. The second-order valence-electron chi connectivity index (χ2n) is 9.33. The molecule has 0 spiro atoms. The molecule has 0 saturated heterocycles. The summed E-state index contributed by atoms with van der Waals surface area (Å²) < 4.78 is 0. The second-order valence-corrected chi connectivity index (χ2v) is 9.33. The van der Waals surface area contributed by atoms with Crippen LogP contribution in [0.4, 0.5) is 11.4 Å². The quantitative estimate of drug-likeness (QED) is 0.271. The first-order valence-corrected chi connectivity index (χ1v) is 12.4. The number of nitrogens with zero attached hydrogens (tertiary/aromatic N) is 1. The van der Waals surface area contributed by atoms with Crippen molar-refractivity contribution in [3.05, 3.63) is 125 Å². The first kappa shape index (κ1) is 22.2. The number of hydrogen-bond acceptors (Lipinski definition) is 1. The molecule has 1 heteroatoms. The van der Waals surface area contributed by atoms with Gasteiger partial charge in [0.2, 0.25) is 0 Å². The minimum atomic E-state index is 0.576. The van der Waals surface area contributed by atoms with Gasteiger partial charge in [-0.05, 0) is 90.4 Å². The van der Waals surface area contributed by atoms with E-state index in [9.17, 15) is 0 Å². The summed E-state index contributed by atoms with van der Waals surface area (Å²) in [5.41, 5.74) is 10.1. The van der Waals surface area contributed by atoms with Gasteiger partial charge in [0.15, 0.2) is 0 Å². The molecular formula is C33H33N. The Morgan fingerprint density at radius 3 is 2.38 bits per heavy atom. The lowest BCUT2D eigenvalue weighted by Gasteiger charge is -2.27. The molecule has 1 aliphatic carbocycles. The Labute approximate surface area is 204 Å². The van der Waals surface area contributed by atoms with Crippen molar-refractivity contribution >= 4 is 29.1 Å². The molecule has 0 amide bonds. The lowest BCUT2D eigenvalue weighted by Crippen LogP contribution is -2.26. The van der Waals surface area contributed by atoms with Crippen molar-refractivity contribution in [1.82, 2.24) is 0 Å². The summed E-state index contributed by atoms with van der Waals surface area (Å²) in [5.74, 6) is 0.647. The van der Waals surface area contributed by atoms with Crippen molar-refractivity contribution in [2.75, 3.05) is 4.90 Å². The van der Waals surface area contributed by atoms with Gasteiger partial charge in [-0.3, -0.25) is 0 Å². The molecule has 5 rings (SSSR count). The Hall–Kier alpha value is -3.58. The summed E-state index contributed by atoms with van der Waals surface area (Å²) >= 11 is 0. The van der Waals surface area contributed by atoms with Crippen LogP contribution in [0.2, 0.25) is 0 Å². The Bertz CT molecular complexity index is 1260. The van der Waals surface area contributed by atoms with Crippen LogP contribution in [0.1, 0.15) is 61.3 Å². The van der Waals surface area contributed by atoms with Crippen molar-refractivity contribution in [3.8, 4) is 0 Å². The molecule has 1 nitrogen and oxygen atoms in total. The first-order valence-electron chi connectivity index (χ1n) is 12.4. The van der Waals surface area contributed by atoms with E-state index in [1.54, 1.807) is 0 Å². The summed E-state index contributed by atoms with van der Waals surface area (Å²) in [6.07, 6.45) is 14.6. The minimum Gasteiger partial charge on any atom is -0.338 e. The fraction of sp³-hybridized carbons (Fsp3) is 0.212. The summed E-state index contributed by atoms with van der Waals surface area (Å²) in [5, 5.41) is 0. The lowest BCUT2D eigenvalue weighted by atomic mass is 9.96. The van der Waals surface area contributed by atoms with Gasteiger partial charge in [0, 0.05) is 23.3 Å². The van der Waals surface area contributed by atoms with Crippen LogP contribution in [-0.4, -0.2) is 6.04 Å². The van der Waals surface area contributed by atoms with Gasteiger partial charge < -0.3 is 4.90 Å². The molecule has 1 saturated carbocycles. The summed E-state index contributed by atoms with van der Waals surface area (Å²) in [6, 6.07) is 27.2. The maximum atomic E-state index is 4.31. The fourth-order valence-electron chi connectivity index (χ4n) is 5.67. The highest BCUT2D eigenvalue weighted by molar-refractivity contribution is 5.92. The molecule has 0 bridgehead atoms. The number of allylic oxidation sites excluding steroid dienone is 5. The van der Waals surface area contributed by atoms with Crippen LogP contribution in [0.5, 0.6) is 0 Å². The van der Waals surface area contributed by atoms with E-state index in [-0.39, 0.29) is 0 Å². The third-order valence-electron chi connectivity index (χ3n) is 7.16. The number of rotatable bonds is 6. The Morgan fingerprint density at radius 1 is 0.882 bits per heavy atom. The van der Waals surface area contributed by atoms with E-state index in [0.717, 1.165) is 11.1 Å². The average molecular weight is 444 g/mol. The maximum Gasteiger partial charge on any atom is 0.0450 e. The molecule has 0 N–H and O–H groups in total. The fourth-order valence-corrected chi connectivity index (χ4v) is 5.67. The minimum absolute atomic E-state index is 0.576. The van der Waals surface area contributed by atoms with Crippen LogP contribution in [0, 0.1) is 0 Å². The number of benzene rings is 3. The lowest BCUT2D eigenvalue weighted by molar-refractivity contribution is 0.642. The van der Waals surface area contributed by atoms with Gasteiger partial charge in [0.25, 0.3) is 0 Å². The van der Waals surface area contributed by atoms with Gasteiger partial charge in [0.05, 0.1) is 0 Å². The molecule has 1 fully saturated rings. The van der Waals surface area contributed by atoms with E-state index >= 15 is 0 Å². The van der Waals surface area contributed by atoms with Gasteiger partial charge in [-0.1, -0.05) is 85.8 Å². The maximum absolute atomic E-state index is 4.31. The second kappa shape index (κ2) is 9.73. The normalized spacial score (nSPS) is 19.7. The molecule has 170 valence electrons. The molecule has 1 heterocycles. The molecule has 34 heavy (non-hydrogen) atoms. The highest BCUT2D eigenvalue weighted by atomic mass is 15.2. The highest BCUT2D eigenvalue weighted by Crippen LogP contribution is 2.52. The van der Waals surface area contributed by atoms with Gasteiger partial charge >= 0.3 is 0 Å². The standard InChI is InChI=1S/C33H33N/c1-4-10-24(3)30(27-12-7-6-8-13-27)22-26-16-19-28(20-17-26)34-32-15-9-14-29(32)31-23-25(11-5-2)18-21-33(31)34/h4-8,10-13,16-23,29,32H,3,9,14-15H2,1-2H3/b10-4-,11-5-,30-22+. The van der Waals surface area contributed by atoms with E-state index in [0.29, 0.717) is 12.0 Å². The van der Waals surface area contributed by atoms with Gasteiger partial charge in [-0.15, -0.1) is 0 Å². The molecule has 0 aromatic heterocycles. The van der Waals surface area contributed by atoms with E-state index in [2.05, 4.69) is 116 Å². The summed E-state index contributed by atoms with van der Waals surface area (Å²) in [4.78, 5) is 2.59. The van der Waals surface area contributed by atoms with E-state index in [4.69, 9.17) is 0 Å². The molecule has 1 aliphatic heterocycles. The van der Waals surface area contributed by atoms with E-state index < -0.39 is 0 Å². The van der Waals surface area contributed by atoms with Crippen LogP contribution in [-0.2, 0) is 0 Å². The van der Waals surface area contributed by atoms with E-state index in [1.165, 1.54) is 52.9 Å². The number of anilines is 2. The van der Waals surface area contributed by atoms with Crippen molar-refractivity contribution in [1.29, 1.82) is 0 Å². The Balaban J connectivity index is 1.49. The summed E-state index contributed by atoms with van der Waals surface area (Å²) in [7, 11) is 0. The van der Waals surface area contributed by atoms with Crippen LogP contribution in [0.3, 0.4) is 0 Å². The smallest absolute Gasteiger partial charge is 0.0450 e. The molecule has 3 aromatic carbocycles. The van der Waals surface area contributed by atoms with Crippen LogP contribution >= 0.6 is 0 Å². The molecule has 2 unspecified atom stereocenters. The van der Waals surface area contributed by atoms with Gasteiger partial charge in [-0.25, -0.2) is 0 Å². The van der Waals surface area contributed by atoms with E-state index in [1.807, 2.05) is 13.0 Å². The molecule has 3 aromatic rings. The highest BCUT2D eigenvalue weighted by Gasteiger charge is 2.41. The van der Waals surface area contributed by atoms with Crippen LogP contribution in [0.15, 0.2) is 103 Å². The zero-order chi connectivity index (χ0) is 23.5. The third-order valence-corrected chi connectivity index (χ3v) is 7.16. The van der Waals surface area contributed by atoms with Crippen molar-refractivity contribution in [3.63, 3.8) is 0 Å². The van der Waals surface area contributed by atoms with Crippen molar-refractivity contribution in [2.24, 2.45) is 0 Å². The van der Waals surface area contributed by atoms with Crippen molar-refractivity contribution in [2.45, 2.75) is 45.1 Å².